The predicted octanol–water partition coefficient (Wildman–Crippen LogP) is 3.65. The lowest BCUT2D eigenvalue weighted by molar-refractivity contribution is 0.102. The van der Waals surface area contributed by atoms with E-state index in [0.717, 1.165) is 24.3 Å². The van der Waals surface area contributed by atoms with Crippen molar-refractivity contribution in [3.8, 4) is 11.5 Å². The van der Waals surface area contributed by atoms with Crippen molar-refractivity contribution in [3.05, 3.63) is 78.1 Å². The molecule has 0 atom stereocenters. The van der Waals surface area contributed by atoms with Crippen molar-refractivity contribution in [1.29, 1.82) is 0 Å². The zero-order chi connectivity index (χ0) is 21.1. The van der Waals surface area contributed by atoms with Crippen LogP contribution in [-0.2, 0) is 10.0 Å². The molecule has 0 aromatic heterocycles. The van der Waals surface area contributed by atoms with Gasteiger partial charge in [0.15, 0.2) is 11.5 Å². The number of halogens is 1. The highest BCUT2D eigenvalue weighted by Crippen LogP contribution is 2.33. The van der Waals surface area contributed by atoms with E-state index in [2.05, 4.69) is 10.0 Å². The number of ether oxygens (including phenoxy) is 2. The van der Waals surface area contributed by atoms with Crippen LogP contribution in [0.1, 0.15) is 10.4 Å². The van der Waals surface area contributed by atoms with Crippen molar-refractivity contribution >= 4 is 27.3 Å². The summed E-state index contributed by atoms with van der Waals surface area (Å²) in [5, 5.41) is 2.72. The molecular weight excluding hydrogens is 411 g/mol. The van der Waals surface area contributed by atoms with Gasteiger partial charge in [-0.1, -0.05) is 12.1 Å². The lowest BCUT2D eigenvalue weighted by Crippen LogP contribution is -2.19. The van der Waals surface area contributed by atoms with Crippen molar-refractivity contribution in [2.45, 2.75) is 4.90 Å². The average molecular weight is 428 g/mol. The summed E-state index contributed by atoms with van der Waals surface area (Å²) in [7, 11) is -4.00. The Labute approximate surface area is 172 Å². The number of carbonyl (C=O) groups excluding carboxylic acids is 1. The average Bonchev–Trinajstić information content (AvgIpc) is 2.74. The van der Waals surface area contributed by atoms with Gasteiger partial charge >= 0.3 is 0 Å². The number of anilines is 2. The summed E-state index contributed by atoms with van der Waals surface area (Å²) in [5.74, 6) is 0.0493. The first-order valence-corrected chi connectivity index (χ1v) is 10.5. The lowest BCUT2D eigenvalue weighted by atomic mass is 10.1. The molecule has 0 aliphatic carbocycles. The van der Waals surface area contributed by atoms with Gasteiger partial charge in [0.25, 0.3) is 15.9 Å². The summed E-state index contributed by atoms with van der Waals surface area (Å²) in [4.78, 5) is 12.7. The molecule has 30 heavy (non-hydrogen) atoms. The lowest BCUT2D eigenvalue weighted by Gasteiger charge is -2.19. The number of hydrogen-bond acceptors (Lipinski definition) is 5. The molecule has 3 aromatic rings. The third-order valence-electron chi connectivity index (χ3n) is 4.34. The minimum atomic E-state index is -4.00. The van der Waals surface area contributed by atoms with E-state index in [4.69, 9.17) is 9.47 Å². The highest BCUT2D eigenvalue weighted by molar-refractivity contribution is 7.92. The Bertz CT molecular complexity index is 1200. The monoisotopic (exact) mass is 428 g/mol. The van der Waals surface area contributed by atoms with Crippen LogP contribution in [0.25, 0.3) is 0 Å². The van der Waals surface area contributed by atoms with Crippen LogP contribution in [0.15, 0.2) is 71.6 Å². The standard InChI is InChI=1S/C21H17FN2O5S/c22-14-5-8-16(9-6-14)30(26,27)24-18-4-2-1-3-17(18)21(25)23-15-7-10-19-20(13-15)29-12-11-28-19/h1-10,13,24H,11-12H2,(H,23,25). The fraction of sp³-hybridized carbons (Fsp3) is 0.0952. The van der Waals surface area contributed by atoms with Crippen LogP contribution in [0.3, 0.4) is 0 Å². The van der Waals surface area contributed by atoms with Gasteiger partial charge in [0.1, 0.15) is 19.0 Å². The SMILES string of the molecule is O=C(Nc1ccc2c(c1)OCCO2)c1ccccc1NS(=O)(=O)c1ccc(F)cc1. The second kappa shape index (κ2) is 8.03. The third-order valence-corrected chi connectivity index (χ3v) is 5.72. The van der Waals surface area contributed by atoms with Gasteiger partial charge in [0, 0.05) is 11.8 Å². The summed E-state index contributed by atoms with van der Waals surface area (Å²) in [6.45, 7) is 0.874. The predicted molar refractivity (Wildman–Crippen MR) is 109 cm³/mol. The molecule has 1 aliphatic heterocycles. The van der Waals surface area contributed by atoms with E-state index in [9.17, 15) is 17.6 Å². The molecule has 2 N–H and O–H groups in total. The van der Waals surface area contributed by atoms with Crippen LogP contribution in [0.5, 0.6) is 11.5 Å². The van der Waals surface area contributed by atoms with Gasteiger partial charge in [-0.2, -0.15) is 0 Å². The Hall–Kier alpha value is -3.59. The number of carbonyl (C=O) groups is 1. The summed E-state index contributed by atoms with van der Waals surface area (Å²) < 4.78 is 51.7. The molecule has 0 spiro atoms. The molecule has 154 valence electrons. The molecule has 0 saturated carbocycles. The number of hydrogen-bond donors (Lipinski definition) is 2. The molecular formula is C21H17FN2O5S. The summed E-state index contributed by atoms with van der Waals surface area (Å²) in [5.41, 5.74) is 0.690. The quantitative estimate of drug-likeness (QED) is 0.647. The Morgan fingerprint density at radius 3 is 2.37 bits per heavy atom. The van der Waals surface area contributed by atoms with E-state index in [-0.39, 0.29) is 16.1 Å². The minimum Gasteiger partial charge on any atom is -0.486 e. The van der Waals surface area contributed by atoms with Crippen molar-refractivity contribution in [2.24, 2.45) is 0 Å². The van der Waals surface area contributed by atoms with E-state index in [1.165, 1.54) is 12.1 Å². The molecule has 9 heteroatoms. The largest absolute Gasteiger partial charge is 0.486 e. The number of benzene rings is 3. The highest BCUT2D eigenvalue weighted by Gasteiger charge is 2.19. The van der Waals surface area contributed by atoms with E-state index in [0.29, 0.717) is 30.4 Å². The van der Waals surface area contributed by atoms with E-state index >= 15 is 0 Å². The number of fused-ring (bicyclic) bond motifs is 1. The van der Waals surface area contributed by atoms with Crippen LogP contribution >= 0.6 is 0 Å². The molecule has 0 radical (unpaired) electrons. The van der Waals surface area contributed by atoms with Gasteiger partial charge in [-0.15, -0.1) is 0 Å². The smallest absolute Gasteiger partial charge is 0.261 e. The first-order chi connectivity index (χ1) is 14.4. The Morgan fingerprint density at radius 2 is 1.60 bits per heavy atom. The zero-order valence-electron chi connectivity index (χ0n) is 15.6. The minimum absolute atomic E-state index is 0.0943. The van der Waals surface area contributed by atoms with Crippen molar-refractivity contribution in [2.75, 3.05) is 23.3 Å². The zero-order valence-corrected chi connectivity index (χ0v) is 16.4. The maximum atomic E-state index is 13.1. The molecule has 4 rings (SSSR count). The second-order valence-corrected chi connectivity index (χ2v) is 8.10. The van der Waals surface area contributed by atoms with Crippen LogP contribution in [0, 0.1) is 5.82 Å². The van der Waals surface area contributed by atoms with Crippen LogP contribution in [0.4, 0.5) is 15.8 Å². The summed E-state index contributed by atoms with van der Waals surface area (Å²) in [6, 6.07) is 15.6. The maximum absolute atomic E-state index is 13.1. The molecule has 1 amide bonds. The number of rotatable bonds is 5. The van der Waals surface area contributed by atoms with Gasteiger partial charge < -0.3 is 14.8 Å². The van der Waals surface area contributed by atoms with Gasteiger partial charge in [-0.05, 0) is 48.5 Å². The number of sulfonamides is 1. The molecule has 3 aromatic carbocycles. The fourth-order valence-electron chi connectivity index (χ4n) is 2.91. The number of amides is 1. The second-order valence-electron chi connectivity index (χ2n) is 6.42. The summed E-state index contributed by atoms with van der Waals surface area (Å²) in [6.07, 6.45) is 0. The first kappa shape index (κ1) is 19.7. The Kier molecular flexibility index (Phi) is 5.28. The Morgan fingerprint density at radius 1 is 0.900 bits per heavy atom. The molecule has 1 aliphatic rings. The highest BCUT2D eigenvalue weighted by atomic mass is 32.2. The van der Waals surface area contributed by atoms with Gasteiger partial charge in [-0.25, -0.2) is 12.8 Å². The number of nitrogens with one attached hydrogen (secondary N) is 2. The molecule has 0 fully saturated rings. The molecule has 0 bridgehead atoms. The topological polar surface area (TPSA) is 93.7 Å². The van der Waals surface area contributed by atoms with Gasteiger partial charge in [0.05, 0.1) is 16.1 Å². The van der Waals surface area contributed by atoms with E-state index < -0.39 is 21.7 Å². The summed E-state index contributed by atoms with van der Waals surface area (Å²) >= 11 is 0. The normalized spacial score (nSPS) is 12.8. The molecule has 0 saturated heterocycles. The van der Waals surface area contributed by atoms with Crippen LogP contribution in [-0.4, -0.2) is 27.5 Å². The van der Waals surface area contributed by atoms with E-state index in [1.54, 1.807) is 30.3 Å². The third kappa shape index (κ3) is 4.20. The Balaban J connectivity index is 1.57. The fourth-order valence-corrected chi connectivity index (χ4v) is 3.99. The molecule has 1 heterocycles. The van der Waals surface area contributed by atoms with Crippen LogP contribution < -0.4 is 19.5 Å². The number of para-hydroxylation sites is 1. The molecule has 7 nitrogen and oxygen atoms in total. The molecule has 0 unspecified atom stereocenters. The van der Waals surface area contributed by atoms with Crippen molar-refractivity contribution in [3.63, 3.8) is 0 Å². The van der Waals surface area contributed by atoms with E-state index in [1.807, 2.05) is 0 Å². The maximum Gasteiger partial charge on any atom is 0.261 e. The van der Waals surface area contributed by atoms with Crippen molar-refractivity contribution < 1.29 is 27.1 Å². The first-order valence-electron chi connectivity index (χ1n) is 9.01. The van der Waals surface area contributed by atoms with Crippen molar-refractivity contribution in [1.82, 2.24) is 0 Å². The van der Waals surface area contributed by atoms with Crippen LogP contribution in [0.2, 0.25) is 0 Å². The van der Waals surface area contributed by atoms with Gasteiger partial charge in [0.2, 0.25) is 0 Å². The van der Waals surface area contributed by atoms with Gasteiger partial charge in [-0.3, -0.25) is 9.52 Å².